The molecule has 1 atom stereocenters. The summed E-state index contributed by atoms with van der Waals surface area (Å²) in [6.07, 6.45) is -0.659. The largest absolute Gasteiger partial charge is 0.460 e. The quantitative estimate of drug-likeness (QED) is 0.490. The van der Waals surface area contributed by atoms with Gasteiger partial charge in [-0.3, -0.25) is 4.79 Å². The highest BCUT2D eigenvalue weighted by Gasteiger charge is 2.26. The van der Waals surface area contributed by atoms with Crippen LogP contribution in [0.1, 0.15) is 33.5 Å². The Balaban J connectivity index is 1.41. The SMILES string of the molecule is O=C(OCc1cc(F)cc2c1OC(c1ccccc1)OC2)c1n[nH]c(=O)c2ccccc12. The molecule has 0 radical (unpaired) electrons. The molecular weight excluding hydrogens is 415 g/mol. The molecule has 8 heteroatoms. The predicted molar refractivity (Wildman–Crippen MR) is 112 cm³/mol. The molecule has 32 heavy (non-hydrogen) atoms. The van der Waals surface area contributed by atoms with Crippen molar-refractivity contribution in [2.45, 2.75) is 19.5 Å². The Labute approximate surface area is 181 Å². The molecule has 0 fully saturated rings. The van der Waals surface area contributed by atoms with Gasteiger partial charge in [-0.25, -0.2) is 14.3 Å². The minimum Gasteiger partial charge on any atom is -0.460 e. The second-order valence-corrected chi connectivity index (χ2v) is 7.25. The topological polar surface area (TPSA) is 90.5 Å². The molecule has 0 spiro atoms. The number of nitrogens with one attached hydrogen (secondary N) is 1. The van der Waals surface area contributed by atoms with Crippen LogP contribution in [0, 0.1) is 5.82 Å². The van der Waals surface area contributed by atoms with Crippen LogP contribution in [0.5, 0.6) is 5.75 Å². The Morgan fingerprint density at radius 3 is 2.66 bits per heavy atom. The predicted octanol–water partition coefficient (Wildman–Crippen LogP) is 4.03. The molecule has 0 bridgehead atoms. The van der Waals surface area contributed by atoms with Crippen molar-refractivity contribution in [3.63, 3.8) is 0 Å². The molecule has 1 aromatic heterocycles. The summed E-state index contributed by atoms with van der Waals surface area (Å²) < 4.78 is 31.3. The summed E-state index contributed by atoms with van der Waals surface area (Å²) in [6.45, 7) is -0.0880. The summed E-state index contributed by atoms with van der Waals surface area (Å²) in [7, 11) is 0. The maximum absolute atomic E-state index is 14.2. The van der Waals surface area contributed by atoms with Crippen molar-refractivity contribution in [3.05, 3.63) is 105 Å². The number of hydrogen-bond donors (Lipinski definition) is 1. The smallest absolute Gasteiger partial charge is 0.359 e. The minimum absolute atomic E-state index is 0.0307. The van der Waals surface area contributed by atoms with E-state index in [9.17, 15) is 14.0 Å². The third-order valence-electron chi connectivity index (χ3n) is 5.14. The summed E-state index contributed by atoms with van der Waals surface area (Å²) in [5.41, 5.74) is 1.27. The van der Waals surface area contributed by atoms with Gasteiger partial charge in [-0.2, -0.15) is 5.10 Å². The number of esters is 1. The minimum atomic E-state index is -0.748. The van der Waals surface area contributed by atoms with Gasteiger partial charge in [0.05, 0.1) is 12.0 Å². The maximum atomic E-state index is 14.2. The molecule has 2 heterocycles. The van der Waals surface area contributed by atoms with Crippen molar-refractivity contribution in [3.8, 4) is 5.75 Å². The molecule has 7 nitrogen and oxygen atoms in total. The summed E-state index contributed by atoms with van der Waals surface area (Å²) in [5.74, 6) is -0.825. The molecule has 3 aromatic carbocycles. The van der Waals surface area contributed by atoms with Crippen LogP contribution in [-0.2, 0) is 22.7 Å². The number of carbonyl (C=O) groups excluding carboxylic acids is 1. The number of fused-ring (bicyclic) bond motifs is 2. The standard InChI is InChI=1S/C24H17FN2O5/c25-17-10-15(21-16(11-17)13-31-24(32-21)14-6-2-1-3-7-14)12-30-23(29)20-18-8-4-5-9-19(18)22(28)27-26-20/h1-11,24H,12-13H2,(H,27,28). The molecule has 1 unspecified atom stereocenters. The molecule has 1 aliphatic heterocycles. The first kappa shape index (κ1) is 19.9. The van der Waals surface area contributed by atoms with E-state index < -0.39 is 23.6 Å². The van der Waals surface area contributed by atoms with Crippen molar-refractivity contribution in [1.29, 1.82) is 0 Å². The van der Waals surface area contributed by atoms with Gasteiger partial charge in [0, 0.05) is 22.1 Å². The first-order valence-corrected chi connectivity index (χ1v) is 9.89. The number of H-pyrrole nitrogens is 1. The zero-order valence-corrected chi connectivity index (χ0v) is 16.7. The number of benzene rings is 3. The van der Waals surface area contributed by atoms with Gasteiger partial charge < -0.3 is 14.2 Å². The molecule has 160 valence electrons. The van der Waals surface area contributed by atoms with Crippen LogP contribution >= 0.6 is 0 Å². The molecule has 0 amide bonds. The first-order chi connectivity index (χ1) is 15.6. The second kappa shape index (κ2) is 8.24. The van der Waals surface area contributed by atoms with E-state index in [-0.39, 0.29) is 18.9 Å². The third-order valence-corrected chi connectivity index (χ3v) is 5.14. The zero-order valence-electron chi connectivity index (χ0n) is 16.7. The Bertz CT molecular complexity index is 1370. The van der Waals surface area contributed by atoms with E-state index in [4.69, 9.17) is 14.2 Å². The van der Waals surface area contributed by atoms with Crippen molar-refractivity contribution < 1.29 is 23.4 Å². The molecule has 0 saturated heterocycles. The maximum Gasteiger partial charge on any atom is 0.359 e. The van der Waals surface area contributed by atoms with E-state index in [0.717, 1.165) is 5.56 Å². The van der Waals surface area contributed by atoms with E-state index in [2.05, 4.69) is 10.2 Å². The van der Waals surface area contributed by atoms with Gasteiger partial charge in [0.15, 0.2) is 5.69 Å². The Hall–Kier alpha value is -4.04. The van der Waals surface area contributed by atoms with Crippen LogP contribution < -0.4 is 10.3 Å². The lowest BCUT2D eigenvalue weighted by molar-refractivity contribution is -0.112. The van der Waals surface area contributed by atoms with E-state index in [1.165, 1.54) is 12.1 Å². The van der Waals surface area contributed by atoms with Crippen molar-refractivity contribution in [1.82, 2.24) is 10.2 Å². The van der Waals surface area contributed by atoms with Crippen LogP contribution in [0.25, 0.3) is 10.8 Å². The van der Waals surface area contributed by atoms with Crippen LogP contribution in [0.4, 0.5) is 4.39 Å². The lowest BCUT2D eigenvalue weighted by atomic mass is 10.1. The average molecular weight is 432 g/mol. The summed E-state index contributed by atoms with van der Waals surface area (Å²) in [6, 6.07) is 18.5. The normalized spacial score (nSPS) is 15.1. The first-order valence-electron chi connectivity index (χ1n) is 9.89. The van der Waals surface area contributed by atoms with Gasteiger partial charge in [-0.05, 0) is 18.2 Å². The number of carbonyl (C=O) groups is 1. The molecule has 1 aliphatic rings. The van der Waals surface area contributed by atoms with Gasteiger partial charge in [-0.15, -0.1) is 0 Å². The molecule has 0 saturated carbocycles. The van der Waals surface area contributed by atoms with E-state index >= 15 is 0 Å². The highest BCUT2D eigenvalue weighted by Crippen LogP contribution is 2.37. The van der Waals surface area contributed by atoms with Gasteiger partial charge in [-0.1, -0.05) is 48.5 Å². The molecule has 1 N–H and O–H groups in total. The highest BCUT2D eigenvalue weighted by molar-refractivity contribution is 6.01. The number of hydrogen-bond acceptors (Lipinski definition) is 6. The summed E-state index contributed by atoms with van der Waals surface area (Å²) >= 11 is 0. The summed E-state index contributed by atoms with van der Waals surface area (Å²) in [5, 5.41) is 6.83. The number of aromatic amines is 1. The van der Waals surface area contributed by atoms with E-state index in [1.54, 1.807) is 24.3 Å². The number of halogens is 1. The van der Waals surface area contributed by atoms with Crippen molar-refractivity contribution in [2.24, 2.45) is 0 Å². The lowest BCUT2D eigenvalue weighted by Gasteiger charge is -2.28. The fourth-order valence-corrected chi connectivity index (χ4v) is 3.64. The van der Waals surface area contributed by atoms with Gasteiger partial charge >= 0.3 is 5.97 Å². The number of rotatable bonds is 4. The van der Waals surface area contributed by atoms with E-state index in [0.29, 0.717) is 27.6 Å². The van der Waals surface area contributed by atoms with Gasteiger partial charge in [0.25, 0.3) is 5.56 Å². The van der Waals surface area contributed by atoms with Crippen molar-refractivity contribution >= 4 is 16.7 Å². The average Bonchev–Trinajstić information content (AvgIpc) is 2.83. The zero-order chi connectivity index (χ0) is 22.1. The fourth-order valence-electron chi connectivity index (χ4n) is 3.64. The van der Waals surface area contributed by atoms with Crippen LogP contribution in [0.3, 0.4) is 0 Å². The highest BCUT2D eigenvalue weighted by atomic mass is 19.1. The number of nitrogens with zero attached hydrogens (tertiary/aromatic N) is 1. The molecule has 0 aliphatic carbocycles. The monoisotopic (exact) mass is 432 g/mol. The molecular formula is C24H17FN2O5. The van der Waals surface area contributed by atoms with Crippen LogP contribution in [0.15, 0.2) is 71.5 Å². The number of ether oxygens (including phenoxy) is 3. The molecule has 5 rings (SSSR count). The summed E-state index contributed by atoms with van der Waals surface area (Å²) in [4.78, 5) is 24.7. The molecule has 4 aromatic rings. The van der Waals surface area contributed by atoms with Crippen LogP contribution in [-0.4, -0.2) is 16.2 Å². The fraction of sp³-hybridized carbons (Fsp3) is 0.125. The third kappa shape index (κ3) is 3.72. The van der Waals surface area contributed by atoms with E-state index in [1.807, 2.05) is 30.3 Å². The van der Waals surface area contributed by atoms with Crippen molar-refractivity contribution in [2.75, 3.05) is 0 Å². The Kier molecular flexibility index (Phi) is 5.12. The van der Waals surface area contributed by atoms with Gasteiger partial charge in [0.1, 0.15) is 18.2 Å². The lowest BCUT2D eigenvalue weighted by Crippen LogP contribution is -2.20. The van der Waals surface area contributed by atoms with Gasteiger partial charge in [0.2, 0.25) is 6.29 Å². The second-order valence-electron chi connectivity index (χ2n) is 7.25. The Morgan fingerprint density at radius 2 is 1.84 bits per heavy atom. The number of aromatic nitrogens is 2. The Morgan fingerprint density at radius 1 is 1.09 bits per heavy atom. The van der Waals surface area contributed by atoms with Crippen LogP contribution in [0.2, 0.25) is 0 Å².